The van der Waals surface area contributed by atoms with Gasteiger partial charge in [0.25, 0.3) is 0 Å². The number of likely N-dealkylation sites (tertiary alicyclic amines) is 1. The van der Waals surface area contributed by atoms with E-state index in [1.165, 1.54) is 61.3 Å². The molecule has 4 rings (SSSR count). The Labute approximate surface area is 187 Å². The fourth-order valence-electron chi connectivity index (χ4n) is 4.63. The first kappa shape index (κ1) is 21.9. The van der Waals surface area contributed by atoms with Gasteiger partial charge in [0.2, 0.25) is 0 Å². The quantitative estimate of drug-likeness (QED) is 0.695. The zero-order valence-electron chi connectivity index (χ0n) is 17.8. The fourth-order valence-corrected chi connectivity index (χ4v) is 4.63. The van der Waals surface area contributed by atoms with Gasteiger partial charge >= 0.3 is 6.03 Å². The number of anilines is 1. The zero-order valence-corrected chi connectivity index (χ0v) is 17.8. The van der Waals surface area contributed by atoms with E-state index in [4.69, 9.17) is 0 Å². The highest BCUT2D eigenvalue weighted by atomic mass is 19.1. The Bertz CT molecular complexity index is 1040. The number of rotatable bonds is 3. The van der Waals surface area contributed by atoms with Gasteiger partial charge in [-0.3, -0.25) is 0 Å². The van der Waals surface area contributed by atoms with Gasteiger partial charge in [-0.25, -0.2) is 9.18 Å². The highest BCUT2D eigenvalue weighted by Gasteiger charge is 2.51. The normalized spacial score (nSPS) is 22.8. The van der Waals surface area contributed by atoms with Gasteiger partial charge in [-0.1, -0.05) is 43.2 Å². The lowest BCUT2D eigenvalue weighted by molar-refractivity contribution is 0.0224. The molecule has 1 saturated heterocycles. The summed E-state index contributed by atoms with van der Waals surface area (Å²) in [6.45, 7) is -0.261. The number of amides is 2. The maximum atomic E-state index is 13.1. The van der Waals surface area contributed by atoms with Crippen molar-refractivity contribution >= 4 is 11.7 Å². The molecule has 2 amide bonds. The van der Waals surface area contributed by atoms with Crippen LogP contribution in [0.5, 0.6) is 0 Å². The van der Waals surface area contributed by atoms with Gasteiger partial charge in [-0.15, -0.1) is 0 Å². The van der Waals surface area contributed by atoms with Crippen molar-refractivity contribution in [3.8, 4) is 17.9 Å². The Hall–Kier alpha value is -3.35. The standard InChI is InChI=1S/C26H26FN3O2/c27-21-12-14-22(15-13-21)29-26(32)30-23(16-28)25(24(30)17-31)20-10-8-19(9-11-20)7-6-18-4-2-1-3-5-18/h8-15,18,23-25,31H,1-5,17H2,(H,29,32)/t23-,24+,25+/m1/s1. The van der Waals surface area contributed by atoms with Crippen LogP contribution in [0.1, 0.15) is 49.1 Å². The summed E-state index contributed by atoms with van der Waals surface area (Å²) in [5.41, 5.74) is 2.25. The number of nitriles is 1. The number of nitrogens with one attached hydrogen (secondary N) is 1. The summed E-state index contributed by atoms with van der Waals surface area (Å²) < 4.78 is 13.1. The molecule has 1 heterocycles. The van der Waals surface area contributed by atoms with Crippen LogP contribution in [0.3, 0.4) is 0 Å². The van der Waals surface area contributed by atoms with E-state index in [2.05, 4.69) is 23.2 Å². The maximum Gasteiger partial charge on any atom is 0.323 e. The van der Waals surface area contributed by atoms with Gasteiger partial charge in [0.05, 0.1) is 18.7 Å². The van der Waals surface area contributed by atoms with Crippen LogP contribution in [0.4, 0.5) is 14.9 Å². The third-order valence-electron chi connectivity index (χ3n) is 6.38. The molecule has 0 bridgehead atoms. The molecule has 32 heavy (non-hydrogen) atoms. The first-order valence-electron chi connectivity index (χ1n) is 11.1. The van der Waals surface area contributed by atoms with Crippen molar-refractivity contribution < 1.29 is 14.3 Å². The van der Waals surface area contributed by atoms with Crippen LogP contribution < -0.4 is 5.32 Å². The largest absolute Gasteiger partial charge is 0.394 e. The Morgan fingerprint density at radius 3 is 2.41 bits per heavy atom. The highest BCUT2D eigenvalue weighted by molar-refractivity contribution is 5.91. The van der Waals surface area contributed by atoms with Gasteiger partial charge in [-0.05, 0) is 54.8 Å². The van der Waals surface area contributed by atoms with E-state index in [1.807, 2.05) is 24.3 Å². The molecule has 1 saturated carbocycles. The highest BCUT2D eigenvalue weighted by Crippen LogP contribution is 2.40. The molecule has 0 unspecified atom stereocenters. The monoisotopic (exact) mass is 431 g/mol. The number of carbonyl (C=O) groups excluding carboxylic acids is 1. The molecule has 2 aromatic carbocycles. The summed E-state index contributed by atoms with van der Waals surface area (Å²) >= 11 is 0. The minimum Gasteiger partial charge on any atom is -0.394 e. The van der Waals surface area contributed by atoms with E-state index in [1.54, 1.807) is 0 Å². The van der Waals surface area contributed by atoms with Crippen LogP contribution in [0, 0.1) is 34.9 Å². The second kappa shape index (κ2) is 9.85. The van der Waals surface area contributed by atoms with Crippen LogP contribution in [0.2, 0.25) is 0 Å². The van der Waals surface area contributed by atoms with Gasteiger partial charge in [0.1, 0.15) is 11.9 Å². The van der Waals surface area contributed by atoms with Gasteiger partial charge in [-0.2, -0.15) is 5.26 Å². The molecule has 1 aliphatic carbocycles. The van der Waals surface area contributed by atoms with Crippen molar-refractivity contribution in [2.75, 3.05) is 11.9 Å². The van der Waals surface area contributed by atoms with E-state index < -0.39 is 23.9 Å². The van der Waals surface area contributed by atoms with Crippen LogP contribution in [0.25, 0.3) is 0 Å². The average molecular weight is 432 g/mol. The molecule has 2 fully saturated rings. The minimum atomic E-state index is -0.702. The molecule has 3 atom stereocenters. The molecule has 2 aromatic rings. The van der Waals surface area contributed by atoms with Crippen LogP contribution in [0.15, 0.2) is 48.5 Å². The number of hydrogen-bond acceptors (Lipinski definition) is 3. The van der Waals surface area contributed by atoms with Crippen molar-refractivity contribution in [1.29, 1.82) is 5.26 Å². The van der Waals surface area contributed by atoms with Crippen LogP contribution in [-0.4, -0.2) is 34.7 Å². The first-order chi connectivity index (χ1) is 15.6. The number of aliphatic hydroxyl groups is 1. The second-order valence-corrected chi connectivity index (χ2v) is 8.42. The molecular weight excluding hydrogens is 405 g/mol. The molecule has 2 N–H and O–H groups in total. The van der Waals surface area contributed by atoms with Gasteiger partial charge < -0.3 is 15.3 Å². The minimum absolute atomic E-state index is 0.261. The van der Waals surface area contributed by atoms with E-state index in [9.17, 15) is 19.6 Å². The van der Waals surface area contributed by atoms with E-state index in [-0.39, 0.29) is 12.5 Å². The van der Waals surface area contributed by atoms with E-state index in [0.29, 0.717) is 11.6 Å². The molecule has 1 aliphatic heterocycles. The van der Waals surface area contributed by atoms with Gasteiger partial charge in [0, 0.05) is 23.1 Å². The number of urea groups is 1. The third-order valence-corrected chi connectivity index (χ3v) is 6.38. The Morgan fingerprint density at radius 1 is 1.09 bits per heavy atom. The summed E-state index contributed by atoms with van der Waals surface area (Å²) in [5, 5.41) is 22.3. The van der Waals surface area contributed by atoms with Crippen molar-refractivity contribution in [2.45, 2.75) is 50.1 Å². The first-order valence-corrected chi connectivity index (χ1v) is 11.1. The van der Waals surface area contributed by atoms with Crippen molar-refractivity contribution in [3.05, 3.63) is 65.5 Å². The van der Waals surface area contributed by atoms with E-state index in [0.717, 1.165) is 11.1 Å². The Morgan fingerprint density at radius 2 is 1.78 bits per heavy atom. The number of halogens is 1. The maximum absolute atomic E-state index is 13.1. The van der Waals surface area contributed by atoms with Crippen molar-refractivity contribution in [2.24, 2.45) is 5.92 Å². The zero-order chi connectivity index (χ0) is 22.5. The van der Waals surface area contributed by atoms with Crippen LogP contribution in [-0.2, 0) is 0 Å². The lowest BCUT2D eigenvalue weighted by Gasteiger charge is -2.51. The molecule has 2 aliphatic rings. The van der Waals surface area contributed by atoms with Crippen molar-refractivity contribution in [1.82, 2.24) is 4.90 Å². The molecule has 5 nitrogen and oxygen atoms in total. The summed E-state index contributed by atoms with van der Waals surface area (Å²) in [7, 11) is 0. The summed E-state index contributed by atoms with van der Waals surface area (Å²) in [4.78, 5) is 14.1. The number of nitrogens with zero attached hydrogens (tertiary/aromatic N) is 2. The number of benzene rings is 2. The molecular formula is C26H26FN3O2. The van der Waals surface area contributed by atoms with Crippen molar-refractivity contribution in [3.63, 3.8) is 0 Å². The molecule has 164 valence electrons. The topological polar surface area (TPSA) is 76.4 Å². The number of hydrogen-bond donors (Lipinski definition) is 2. The molecule has 0 radical (unpaired) electrons. The SMILES string of the molecule is N#C[C@@H]1[C@H](c2ccc(C#CC3CCCCC3)cc2)[C@H](CO)N1C(=O)Nc1ccc(F)cc1. The summed E-state index contributed by atoms with van der Waals surface area (Å²) in [5.74, 6) is 6.42. The van der Waals surface area contributed by atoms with Gasteiger partial charge in [0.15, 0.2) is 0 Å². The van der Waals surface area contributed by atoms with Crippen LogP contribution >= 0.6 is 0 Å². The summed E-state index contributed by atoms with van der Waals surface area (Å²) in [6.07, 6.45) is 6.15. The Kier molecular flexibility index (Phi) is 6.73. The number of carbonyl (C=O) groups is 1. The predicted octanol–water partition coefficient (Wildman–Crippen LogP) is 4.64. The fraction of sp³-hybridized carbons (Fsp3) is 0.385. The predicted molar refractivity (Wildman–Crippen MR) is 120 cm³/mol. The second-order valence-electron chi connectivity index (χ2n) is 8.42. The Balaban J connectivity index is 1.45. The number of aliphatic hydroxyl groups excluding tert-OH is 1. The lowest BCUT2D eigenvalue weighted by Crippen LogP contribution is -2.66. The van der Waals surface area contributed by atoms with E-state index >= 15 is 0 Å². The molecule has 6 heteroatoms. The average Bonchev–Trinajstić information content (AvgIpc) is 2.80. The summed E-state index contributed by atoms with van der Waals surface area (Å²) in [6, 6.07) is 13.6. The molecule has 0 spiro atoms. The smallest absolute Gasteiger partial charge is 0.323 e. The third kappa shape index (κ3) is 4.61. The lowest BCUT2D eigenvalue weighted by atomic mass is 9.76. The molecule has 0 aromatic heterocycles.